The summed E-state index contributed by atoms with van der Waals surface area (Å²) in [5.74, 6) is 0.0126. The summed E-state index contributed by atoms with van der Waals surface area (Å²) in [7, 11) is -8.43. The molecule has 1 saturated heterocycles. The predicted molar refractivity (Wildman–Crippen MR) is 109 cm³/mol. The number of rotatable bonds is 5. The van der Waals surface area contributed by atoms with Crippen molar-refractivity contribution >= 4 is 19.9 Å². The third-order valence-electron chi connectivity index (χ3n) is 5.75. The summed E-state index contributed by atoms with van der Waals surface area (Å²) >= 11 is 0. The lowest BCUT2D eigenvalue weighted by Crippen LogP contribution is -2.51. The van der Waals surface area contributed by atoms with Crippen molar-refractivity contribution in [3.8, 4) is 22.5 Å². The summed E-state index contributed by atoms with van der Waals surface area (Å²) in [5, 5.41) is 25.7. The van der Waals surface area contributed by atoms with Crippen LogP contribution in [0.15, 0.2) is 28.1 Å². The average Bonchev–Trinajstić information content (AvgIpc) is 3.34. The molecule has 0 saturated carbocycles. The lowest BCUT2D eigenvalue weighted by atomic mass is 9.96. The smallest absolute Gasteiger partial charge is 0.240 e. The molecule has 5 rings (SSSR count). The number of nitrogens with one attached hydrogen (secondary N) is 2. The van der Waals surface area contributed by atoms with Gasteiger partial charge in [-0.3, -0.25) is 4.68 Å². The Morgan fingerprint density at radius 2 is 1.90 bits per heavy atom. The van der Waals surface area contributed by atoms with Crippen molar-refractivity contribution in [1.29, 1.82) is 0 Å². The molecule has 4 heterocycles. The standard InChI is InChI=1S/C17H20N8O4S2/c18-31(28,29)16-14(30(26,27)10-7-19-8-10)5-4-11(15(16)17-21-23-24-22-17)12-9-20-25-6-2-1-3-13(12)25/h4-5,9-10,19H,1-3,6-8H2,(H2,18,28,29)(H,21,22,23,24). The second kappa shape index (κ2) is 7.19. The van der Waals surface area contributed by atoms with Crippen molar-refractivity contribution in [2.75, 3.05) is 13.1 Å². The Morgan fingerprint density at radius 3 is 2.55 bits per heavy atom. The van der Waals surface area contributed by atoms with Crippen molar-refractivity contribution < 1.29 is 16.8 Å². The second-order valence-corrected chi connectivity index (χ2v) is 11.3. The van der Waals surface area contributed by atoms with Crippen molar-refractivity contribution in [1.82, 2.24) is 35.7 Å². The number of aromatic nitrogens is 6. The topological polar surface area (TPSA) is 179 Å². The minimum Gasteiger partial charge on any atom is -0.314 e. The Labute approximate surface area is 178 Å². The van der Waals surface area contributed by atoms with Crippen LogP contribution in [0.2, 0.25) is 0 Å². The molecule has 2 aliphatic heterocycles. The number of nitrogens with zero attached hydrogens (tertiary/aromatic N) is 5. The first-order valence-corrected chi connectivity index (χ1v) is 12.8. The fourth-order valence-corrected chi connectivity index (χ4v) is 7.29. The Bertz CT molecular complexity index is 1360. The van der Waals surface area contributed by atoms with Gasteiger partial charge in [-0.05, 0) is 41.3 Å². The van der Waals surface area contributed by atoms with Crippen molar-refractivity contribution in [2.45, 2.75) is 40.8 Å². The predicted octanol–water partition coefficient (Wildman–Crippen LogP) is -0.541. The molecule has 14 heteroatoms. The number of sulfonamides is 1. The van der Waals surface area contributed by atoms with Crippen LogP contribution in [0.5, 0.6) is 0 Å². The van der Waals surface area contributed by atoms with E-state index in [1.165, 1.54) is 6.07 Å². The number of fused-ring (bicyclic) bond motifs is 1. The van der Waals surface area contributed by atoms with Crippen LogP contribution in [-0.4, -0.2) is 65.6 Å². The van der Waals surface area contributed by atoms with Crippen LogP contribution in [0.3, 0.4) is 0 Å². The third-order valence-corrected chi connectivity index (χ3v) is 9.04. The van der Waals surface area contributed by atoms with E-state index in [4.69, 9.17) is 5.14 Å². The van der Waals surface area contributed by atoms with Gasteiger partial charge in [-0.15, -0.1) is 5.10 Å². The molecule has 0 amide bonds. The number of aryl methyl sites for hydroxylation is 1. The molecule has 0 spiro atoms. The van der Waals surface area contributed by atoms with Crippen LogP contribution in [0.25, 0.3) is 22.5 Å². The second-order valence-electron chi connectivity index (χ2n) is 7.62. The number of aromatic amines is 1. The number of primary sulfonamides is 1. The third kappa shape index (κ3) is 3.26. The van der Waals surface area contributed by atoms with Gasteiger partial charge in [0.05, 0.1) is 16.3 Å². The molecule has 0 aliphatic carbocycles. The van der Waals surface area contributed by atoms with Crippen molar-refractivity contribution in [2.24, 2.45) is 5.14 Å². The lowest BCUT2D eigenvalue weighted by Gasteiger charge is -2.28. The molecule has 31 heavy (non-hydrogen) atoms. The molecular weight excluding hydrogens is 444 g/mol. The number of sulfone groups is 1. The number of hydrogen-bond acceptors (Lipinski definition) is 9. The zero-order valence-electron chi connectivity index (χ0n) is 16.3. The maximum Gasteiger partial charge on any atom is 0.240 e. The Morgan fingerprint density at radius 1 is 1.10 bits per heavy atom. The molecule has 2 aromatic heterocycles. The van der Waals surface area contributed by atoms with Gasteiger partial charge >= 0.3 is 0 Å². The van der Waals surface area contributed by atoms with E-state index in [0.29, 0.717) is 11.1 Å². The molecular formula is C17H20N8O4S2. The van der Waals surface area contributed by atoms with E-state index in [0.717, 1.165) is 31.5 Å². The molecule has 164 valence electrons. The highest BCUT2D eigenvalue weighted by Gasteiger charge is 2.39. The van der Waals surface area contributed by atoms with E-state index in [9.17, 15) is 16.8 Å². The van der Waals surface area contributed by atoms with E-state index in [1.807, 2.05) is 4.68 Å². The van der Waals surface area contributed by atoms with E-state index in [2.05, 4.69) is 31.0 Å². The highest BCUT2D eigenvalue weighted by molar-refractivity contribution is 7.94. The number of hydrogen-bond donors (Lipinski definition) is 3. The summed E-state index contributed by atoms with van der Waals surface area (Å²) in [5.41, 5.74) is 2.13. The van der Waals surface area contributed by atoms with E-state index in [1.54, 1.807) is 12.3 Å². The summed E-state index contributed by atoms with van der Waals surface area (Å²) < 4.78 is 53.8. The molecule has 3 aromatic rings. The van der Waals surface area contributed by atoms with Gasteiger partial charge in [0.25, 0.3) is 0 Å². The molecule has 1 fully saturated rings. The van der Waals surface area contributed by atoms with Crippen molar-refractivity contribution in [3.05, 3.63) is 24.0 Å². The summed E-state index contributed by atoms with van der Waals surface area (Å²) in [6.45, 7) is 1.24. The first-order chi connectivity index (χ1) is 14.8. The number of tetrazole rings is 1. The van der Waals surface area contributed by atoms with Crippen LogP contribution in [0.1, 0.15) is 18.5 Å². The van der Waals surface area contributed by atoms with Gasteiger partial charge in [0, 0.05) is 36.5 Å². The molecule has 0 unspecified atom stereocenters. The van der Waals surface area contributed by atoms with Gasteiger partial charge < -0.3 is 5.32 Å². The summed E-state index contributed by atoms with van der Waals surface area (Å²) in [4.78, 5) is -0.858. The van der Waals surface area contributed by atoms with Gasteiger partial charge in [0.15, 0.2) is 15.7 Å². The molecule has 1 aromatic carbocycles. The number of H-pyrrole nitrogens is 1. The van der Waals surface area contributed by atoms with Gasteiger partial charge in [0.2, 0.25) is 10.0 Å². The quantitative estimate of drug-likeness (QED) is 0.447. The monoisotopic (exact) mass is 464 g/mol. The van der Waals surface area contributed by atoms with Gasteiger partial charge in [-0.2, -0.15) is 5.10 Å². The maximum absolute atomic E-state index is 13.2. The highest BCUT2D eigenvalue weighted by Crippen LogP contribution is 2.41. The molecule has 0 atom stereocenters. The van der Waals surface area contributed by atoms with Gasteiger partial charge in [-0.25, -0.2) is 27.1 Å². The average molecular weight is 465 g/mol. The van der Waals surface area contributed by atoms with E-state index >= 15 is 0 Å². The van der Waals surface area contributed by atoms with Crippen LogP contribution >= 0.6 is 0 Å². The van der Waals surface area contributed by atoms with Gasteiger partial charge in [-0.1, -0.05) is 6.07 Å². The molecule has 4 N–H and O–H groups in total. The molecule has 0 bridgehead atoms. The van der Waals surface area contributed by atoms with E-state index in [-0.39, 0.29) is 29.4 Å². The fraction of sp³-hybridized carbons (Fsp3) is 0.412. The Kier molecular flexibility index (Phi) is 4.69. The van der Waals surface area contributed by atoms with Gasteiger partial charge in [0.1, 0.15) is 4.90 Å². The molecule has 12 nitrogen and oxygen atoms in total. The number of benzene rings is 1. The van der Waals surface area contributed by atoms with Crippen LogP contribution in [-0.2, 0) is 32.8 Å². The minimum atomic E-state index is -4.47. The highest BCUT2D eigenvalue weighted by atomic mass is 32.2. The van der Waals surface area contributed by atoms with E-state index < -0.39 is 30.0 Å². The normalized spacial score (nSPS) is 17.3. The number of nitrogens with two attached hydrogens (primary N) is 1. The first kappa shape index (κ1) is 20.2. The fourth-order valence-electron chi connectivity index (χ4n) is 4.10. The Balaban J connectivity index is 1.85. The zero-order valence-corrected chi connectivity index (χ0v) is 17.9. The van der Waals surface area contributed by atoms with Crippen LogP contribution in [0, 0.1) is 0 Å². The minimum absolute atomic E-state index is 0.0126. The van der Waals surface area contributed by atoms with Crippen molar-refractivity contribution in [3.63, 3.8) is 0 Å². The SMILES string of the molecule is NS(=O)(=O)c1c(S(=O)(=O)C2CNC2)ccc(-c2cnn3c2CCCC3)c1-c1nnn[nH]1. The molecule has 2 aliphatic rings. The largest absolute Gasteiger partial charge is 0.314 e. The first-order valence-electron chi connectivity index (χ1n) is 9.72. The zero-order chi connectivity index (χ0) is 21.8. The summed E-state index contributed by atoms with van der Waals surface area (Å²) in [6.07, 6.45) is 4.39. The van der Waals surface area contributed by atoms with Crippen LogP contribution in [0.4, 0.5) is 0 Å². The van der Waals surface area contributed by atoms with Crippen LogP contribution < -0.4 is 10.5 Å². The maximum atomic E-state index is 13.2. The Hall–Kier alpha value is -2.68. The summed E-state index contributed by atoms with van der Waals surface area (Å²) in [6, 6.07) is 2.89. The molecule has 0 radical (unpaired) electrons. The lowest BCUT2D eigenvalue weighted by molar-refractivity contribution is 0.487.